The molecular weight excluding hydrogens is 292 g/mol. The second kappa shape index (κ2) is 6.40. The fourth-order valence-corrected chi connectivity index (χ4v) is 2.64. The van der Waals surface area contributed by atoms with Gasteiger partial charge in [0.05, 0.1) is 11.1 Å². The molecule has 2 aromatic rings. The number of hydrogen-bond donors (Lipinski definition) is 2. The Kier molecular flexibility index (Phi) is 4.59. The predicted octanol–water partition coefficient (Wildman–Crippen LogP) is 0.955. The van der Waals surface area contributed by atoms with Gasteiger partial charge in [-0.25, -0.2) is 0 Å². The molecule has 0 spiro atoms. The largest absolute Gasteiger partial charge is 0.351 e. The predicted molar refractivity (Wildman–Crippen MR) is 77.8 cm³/mol. The van der Waals surface area contributed by atoms with E-state index >= 15 is 0 Å². The van der Waals surface area contributed by atoms with Gasteiger partial charge in [-0.1, -0.05) is 25.1 Å². The standard InChI is InChI=1S/C13H16N4O3S/c1-2-9-14-13(18)12-8-10-15-17(12)16-21(19,20)11-6-4-3-5-7-11/h3-8,10,16H,2,9H2,1H3,(H,14,18). The van der Waals surface area contributed by atoms with Crippen molar-refractivity contribution in [3.63, 3.8) is 0 Å². The molecular formula is C13H16N4O3S. The molecule has 0 aliphatic heterocycles. The average Bonchev–Trinajstić information content (AvgIpc) is 2.93. The van der Waals surface area contributed by atoms with Crippen LogP contribution in [0.1, 0.15) is 23.8 Å². The molecule has 0 unspecified atom stereocenters. The van der Waals surface area contributed by atoms with E-state index in [9.17, 15) is 13.2 Å². The Morgan fingerprint density at radius 2 is 1.95 bits per heavy atom. The zero-order valence-electron chi connectivity index (χ0n) is 11.5. The second-order valence-electron chi connectivity index (χ2n) is 4.29. The number of amides is 1. The zero-order chi connectivity index (χ0) is 15.3. The first-order valence-electron chi connectivity index (χ1n) is 6.44. The number of carbonyl (C=O) groups excluding carboxylic acids is 1. The van der Waals surface area contributed by atoms with Crippen LogP contribution >= 0.6 is 0 Å². The normalized spacial score (nSPS) is 11.1. The molecule has 0 radical (unpaired) electrons. The first kappa shape index (κ1) is 15.0. The molecule has 0 aliphatic carbocycles. The van der Waals surface area contributed by atoms with Crippen molar-refractivity contribution >= 4 is 15.9 Å². The molecule has 0 saturated heterocycles. The van der Waals surface area contributed by atoms with E-state index in [1.54, 1.807) is 18.2 Å². The lowest BCUT2D eigenvalue weighted by atomic mass is 10.4. The molecule has 8 heteroatoms. The van der Waals surface area contributed by atoms with Crippen LogP contribution in [0, 0.1) is 0 Å². The first-order valence-corrected chi connectivity index (χ1v) is 7.93. The van der Waals surface area contributed by atoms with Gasteiger partial charge >= 0.3 is 0 Å². The number of carbonyl (C=O) groups is 1. The summed E-state index contributed by atoms with van der Waals surface area (Å²) in [5.74, 6) is -0.384. The number of hydrogen-bond acceptors (Lipinski definition) is 4. The van der Waals surface area contributed by atoms with Gasteiger partial charge in [-0.15, -0.1) is 0 Å². The van der Waals surface area contributed by atoms with Crippen LogP contribution in [-0.4, -0.2) is 30.8 Å². The van der Waals surface area contributed by atoms with Crippen molar-refractivity contribution in [3.05, 3.63) is 48.3 Å². The number of nitrogens with zero attached hydrogens (tertiary/aromatic N) is 2. The van der Waals surface area contributed by atoms with Gasteiger partial charge in [0.25, 0.3) is 15.9 Å². The number of aromatic nitrogens is 2. The van der Waals surface area contributed by atoms with Gasteiger partial charge in [-0.3, -0.25) is 4.79 Å². The van der Waals surface area contributed by atoms with Crippen LogP contribution in [0.4, 0.5) is 0 Å². The Balaban J connectivity index is 2.21. The maximum Gasteiger partial charge on any atom is 0.276 e. The molecule has 1 aromatic heterocycles. The molecule has 2 N–H and O–H groups in total. The summed E-state index contributed by atoms with van der Waals surface area (Å²) >= 11 is 0. The van der Waals surface area contributed by atoms with E-state index in [1.165, 1.54) is 24.4 Å². The van der Waals surface area contributed by atoms with E-state index in [0.29, 0.717) is 6.54 Å². The Labute approximate surface area is 123 Å². The maximum absolute atomic E-state index is 12.2. The molecule has 1 aromatic carbocycles. The van der Waals surface area contributed by atoms with E-state index in [-0.39, 0.29) is 16.5 Å². The van der Waals surface area contributed by atoms with E-state index in [2.05, 4.69) is 15.2 Å². The van der Waals surface area contributed by atoms with Crippen LogP contribution < -0.4 is 10.1 Å². The molecule has 0 saturated carbocycles. The minimum absolute atomic E-state index is 0.0976. The summed E-state index contributed by atoms with van der Waals surface area (Å²) in [5.41, 5.74) is 0.128. The number of rotatable bonds is 6. The van der Waals surface area contributed by atoms with Gasteiger partial charge in [0, 0.05) is 6.54 Å². The fourth-order valence-electron chi connectivity index (χ4n) is 1.64. The molecule has 0 atom stereocenters. The number of sulfonamides is 1. The van der Waals surface area contributed by atoms with Crippen LogP contribution in [0.3, 0.4) is 0 Å². The highest BCUT2D eigenvalue weighted by Gasteiger charge is 2.18. The Morgan fingerprint density at radius 1 is 1.24 bits per heavy atom. The molecule has 21 heavy (non-hydrogen) atoms. The summed E-state index contributed by atoms with van der Waals surface area (Å²) in [6.45, 7) is 2.44. The van der Waals surface area contributed by atoms with Gasteiger partial charge in [0.2, 0.25) is 0 Å². The lowest BCUT2D eigenvalue weighted by Crippen LogP contribution is -2.32. The molecule has 7 nitrogen and oxygen atoms in total. The third kappa shape index (κ3) is 3.60. The molecule has 2 rings (SSSR count). The van der Waals surface area contributed by atoms with Crippen LogP contribution in [0.5, 0.6) is 0 Å². The van der Waals surface area contributed by atoms with E-state index in [1.807, 2.05) is 6.92 Å². The van der Waals surface area contributed by atoms with Crippen molar-refractivity contribution in [2.45, 2.75) is 18.2 Å². The fraction of sp³-hybridized carbons (Fsp3) is 0.231. The summed E-state index contributed by atoms with van der Waals surface area (Å²) in [5, 5.41) is 6.49. The summed E-state index contributed by atoms with van der Waals surface area (Å²) in [4.78, 5) is 15.2. The number of benzene rings is 1. The van der Waals surface area contributed by atoms with Gasteiger partial charge < -0.3 is 5.32 Å². The average molecular weight is 308 g/mol. The van der Waals surface area contributed by atoms with Gasteiger partial charge in [0.15, 0.2) is 5.69 Å². The maximum atomic E-state index is 12.2. The lowest BCUT2D eigenvalue weighted by molar-refractivity contribution is 0.0945. The monoisotopic (exact) mass is 308 g/mol. The molecule has 0 bridgehead atoms. The Hall–Kier alpha value is -2.35. The third-order valence-electron chi connectivity index (χ3n) is 2.67. The van der Waals surface area contributed by atoms with E-state index in [4.69, 9.17) is 0 Å². The lowest BCUT2D eigenvalue weighted by Gasteiger charge is -2.10. The van der Waals surface area contributed by atoms with E-state index in [0.717, 1.165) is 11.2 Å². The van der Waals surface area contributed by atoms with Crippen LogP contribution in [-0.2, 0) is 10.0 Å². The minimum atomic E-state index is -3.79. The Morgan fingerprint density at radius 3 is 2.62 bits per heavy atom. The highest BCUT2D eigenvalue weighted by atomic mass is 32.2. The van der Waals surface area contributed by atoms with Gasteiger partial charge in [0.1, 0.15) is 0 Å². The summed E-state index contributed by atoms with van der Waals surface area (Å²) in [7, 11) is -3.79. The first-order chi connectivity index (χ1) is 10.0. The van der Waals surface area contributed by atoms with Crippen molar-refractivity contribution in [3.8, 4) is 0 Å². The topological polar surface area (TPSA) is 93.1 Å². The third-order valence-corrected chi connectivity index (χ3v) is 3.98. The summed E-state index contributed by atoms with van der Waals surface area (Å²) in [6, 6.07) is 9.32. The highest BCUT2D eigenvalue weighted by Crippen LogP contribution is 2.09. The van der Waals surface area contributed by atoms with E-state index < -0.39 is 10.0 Å². The highest BCUT2D eigenvalue weighted by molar-refractivity contribution is 7.92. The van der Waals surface area contributed by atoms with Crippen molar-refractivity contribution in [2.24, 2.45) is 0 Å². The SMILES string of the molecule is CCCNC(=O)c1ccnn1NS(=O)(=O)c1ccccc1. The molecule has 0 aliphatic rings. The van der Waals surface area contributed by atoms with Crippen molar-refractivity contribution < 1.29 is 13.2 Å². The zero-order valence-corrected chi connectivity index (χ0v) is 12.3. The smallest absolute Gasteiger partial charge is 0.276 e. The Bertz CT molecular complexity index is 710. The second-order valence-corrected chi connectivity index (χ2v) is 5.95. The van der Waals surface area contributed by atoms with Crippen molar-refractivity contribution in [1.29, 1.82) is 0 Å². The molecule has 0 fully saturated rings. The van der Waals surface area contributed by atoms with Crippen molar-refractivity contribution in [1.82, 2.24) is 15.2 Å². The van der Waals surface area contributed by atoms with Crippen LogP contribution in [0.25, 0.3) is 0 Å². The quantitative estimate of drug-likeness (QED) is 0.831. The number of nitrogens with one attached hydrogen (secondary N) is 2. The van der Waals surface area contributed by atoms with Crippen LogP contribution in [0.15, 0.2) is 47.5 Å². The summed E-state index contributed by atoms with van der Waals surface area (Å²) in [6.07, 6.45) is 2.14. The van der Waals surface area contributed by atoms with Crippen molar-refractivity contribution in [2.75, 3.05) is 11.4 Å². The van der Waals surface area contributed by atoms with Crippen LogP contribution in [0.2, 0.25) is 0 Å². The minimum Gasteiger partial charge on any atom is -0.351 e. The summed E-state index contributed by atoms with van der Waals surface area (Å²) < 4.78 is 24.4. The van der Waals surface area contributed by atoms with Gasteiger partial charge in [-0.05, 0) is 24.6 Å². The molecule has 112 valence electrons. The van der Waals surface area contributed by atoms with Gasteiger partial charge in [-0.2, -0.15) is 23.1 Å². The molecule has 1 amide bonds. The molecule has 1 heterocycles.